The summed E-state index contributed by atoms with van der Waals surface area (Å²) >= 11 is 0. The van der Waals surface area contributed by atoms with Gasteiger partial charge >= 0.3 is 5.97 Å². The van der Waals surface area contributed by atoms with Gasteiger partial charge in [-0.05, 0) is 83.5 Å². The third-order valence-electron chi connectivity index (χ3n) is 13.4. The van der Waals surface area contributed by atoms with Crippen LogP contribution in [0, 0.1) is 0 Å². The van der Waals surface area contributed by atoms with E-state index in [2.05, 4.69) is 55.6 Å². The molecule has 0 radical (unpaired) electrons. The Hall–Kier alpha value is -1.92. The van der Waals surface area contributed by atoms with Crippen LogP contribution in [0.4, 0.5) is 0 Å². The van der Waals surface area contributed by atoms with Gasteiger partial charge in [0, 0.05) is 12.8 Å². The molecule has 0 saturated carbocycles. The average molecular weight is 929 g/mol. The molecule has 0 aromatic rings. The third kappa shape index (κ3) is 51.5. The number of allylic oxidation sites excluding steroid dienone is 6. The number of hydrogen-bond donors (Lipinski definition) is 3. The molecule has 0 aromatic heterocycles. The molecule has 0 rings (SSSR count). The van der Waals surface area contributed by atoms with Crippen molar-refractivity contribution in [1.82, 2.24) is 5.32 Å². The van der Waals surface area contributed by atoms with Crippen molar-refractivity contribution in [2.24, 2.45) is 0 Å². The zero-order valence-corrected chi connectivity index (χ0v) is 44.2. The minimum Gasteiger partial charge on any atom is -0.466 e. The number of hydrogen-bond acceptors (Lipinski definition) is 5. The van der Waals surface area contributed by atoms with E-state index in [1.54, 1.807) is 0 Å². The molecular formula is C60H113NO5. The SMILES string of the molecule is CCCCC/C=C\C/C=C\CCCCCCCC(=O)OCCCCCCCCCCCCC/C=C\CCCCCCCCCC(=O)NC(CO)C(O)CCCCCCCCCCCCCC. The lowest BCUT2D eigenvalue weighted by molar-refractivity contribution is -0.143. The summed E-state index contributed by atoms with van der Waals surface area (Å²) in [4.78, 5) is 24.5. The summed E-state index contributed by atoms with van der Waals surface area (Å²) in [5.74, 6) is -0.0469. The van der Waals surface area contributed by atoms with Gasteiger partial charge < -0.3 is 20.3 Å². The van der Waals surface area contributed by atoms with Gasteiger partial charge in [-0.15, -0.1) is 0 Å². The van der Waals surface area contributed by atoms with E-state index in [0.29, 0.717) is 25.9 Å². The van der Waals surface area contributed by atoms with Crippen molar-refractivity contribution in [2.75, 3.05) is 13.2 Å². The van der Waals surface area contributed by atoms with Crippen LogP contribution >= 0.6 is 0 Å². The predicted octanol–water partition coefficient (Wildman–Crippen LogP) is 18.0. The van der Waals surface area contributed by atoms with Gasteiger partial charge in [-0.2, -0.15) is 0 Å². The van der Waals surface area contributed by atoms with E-state index in [0.717, 1.165) is 51.4 Å². The largest absolute Gasteiger partial charge is 0.466 e. The first kappa shape index (κ1) is 64.1. The van der Waals surface area contributed by atoms with E-state index in [1.807, 2.05) is 0 Å². The Balaban J connectivity index is 3.41. The lowest BCUT2D eigenvalue weighted by Gasteiger charge is -2.22. The number of ether oxygens (including phenoxy) is 1. The normalized spacial score (nSPS) is 12.8. The van der Waals surface area contributed by atoms with Crippen LogP contribution in [0.15, 0.2) is 36.5 Å². The highest BCUT2D eigenvalue weighted by molar-refractivity contribution is 5.76. The van der Waals surface area contributed by atoms with E-state index < -0.39 is 12.1 Å². The maximum absolute atomic E-state index is 12.4. The minimum atomic E-state index is -0.668. The lowest BCUT2D eigenvalue weighted by Crippen LogP contribution is -2.45. The molecule has 66 heavy (non-hydrogen) atoms. The molecule has 0 aliphatic carbocycles. The van der Waals surface area contributed by atoms with E-state index in [1.165, 1.54) is 225 Å². The molecule has 0 bridgehead atoms. The molecule has 0 spiro atoms. The summed E-state index contributed by atoms with van der Waals surface area (Å²) in [6.07, 6.45) is 68.5. The van der Waals surface area contributed by atoms with Gasteiger partial charge in [0.1, 0.15) is 0 Å². The Morgan fingerprint density at radius 1 is 0.424 bits per heavy atom. The first-order valence-corrected chi connectivity index (χ1v) is 29.2. The fourth-order valence-electron chi connectivity index (χ4n) is 8.90. The second-order valence-corrected chi connectivity index (χ2v) is 20.0. The van der Waals surface area contributed by atoms with Crippen molar-refractivity contribution >= 4 is 11.9 Å². The molecule has 0 heterocycles. The van der Waals surface area contributed by atoms with E-state index in [4.69, 9.17) is 4.74 Å². The monoisotopic (exact) mass is 928 g/mol. The van der Waals surface area contributed by atoms with Crippen LogP contribution in [0.1, 0.15) is 309 Å². The number of rotatable bonds is 54. The minimum absolute atomic E-state index is 0.00429. The molecule has 2 unspecified atom stereocenters. The van der Waals surface area contributed by atoms with E-state index in [9.17, 15) is 19.8 Å². The van der Waals surface area contributed by atoms with Gasteiger partial charge in [0.05, 0.1) is 25.4 Å². The van der Waals surface area contributed by atoms with Crippen molar-refractivity contribution in [3.8, 4) is 0 Å². The Morgan fingerprint density at radius 3 is 1.20 bits per heavy atom. The van der Waals surface area contributed by atoms with Crippen molar-refractivity contribution in [2.45, 2.75) is 321 Å². The molecule has 0 fully saturated rings. The smallest absolute Gasteiger partial charge is 0.305 e. The molecule has 1 amide bonds. The fraction of sp³-hybridized carbons (Fsp3) is 0.867. The Bertz CT molecular complexity index is 1070. The van der Waals surface area contributed by atoms with E-state index >= 15 is 0 Å². The number of carbonyl (C=O) groups is 2. The quantitative estimate of drug-likeness (QED) is 0.0321. The number of unbranched alkanes of at least 4 members (excludes halogenated alkanes) is 37. The summed E-state index contributed by atoms with van der Waals surface area (Å²) in [6, 6.07) is -0.546. The van der Waals surface area contributed by atoms with Gasteiger partial charge in [0.2, 0.25) is 5.91 Å². The fourth-order valence-corrected chi connectivity index (χ4v) is 8.90. The van der Waals surface area contributed by atoms with Gasteiger partial charge in [-0.3, -0.25) is 9.59 Å². The van der Waals surface area contributed by atoms with Crippen LogP contribution in [0.2, 0.25) is 0 Å². The third-order valence-corrected chi connectivity index (χ3v) is 13.4. The number of esters is 1. The maximum atomic E-state index is 12.4. The van der Waals surface area contributed by atoms with Crippen LogP contribution < -0.4 is 5.32 Å². The Morgan fingerprint density at radius 2 is 0.758 bits per heavy atom. The summed E-state index contributed by atoms with van der Waals surface area (Å²) in [5.41, 5.74) is 0. The molecule has 3 N–H and O–H groups in total. The highest BCUT2D eigenvalue weighted by atomic mass is 16.5. The molecule has 0 aliphatic heterocycles. The summed E-state index contributed by atoms with van der Waals surface area (Å²) < 4.78 is 5.47. The van der Waals surface area contributed by atoms with Crippen molar-refractivity contribution in [3.63, 3.8) is 0 Å². The zero-order chi connectivity index (χ0) is 47.9. The predicted molar refractivity (Wildman–Crippen MR) is 287 cm³/mol. The highest BCUT2D eigenvalue weighted by Crippen LogP contribution is 2.17. The Labute approximate surface area is 411 Å². The number of aliphatic hydroxyl groups is 2. The van der Waals surface area contributed by atoms with Crippen molar-refractivity contribution in [3.05, 3.63) is 36.5 Å². The second kappa shape index (κ2) is 55.7. The van der Waals surface area contributed by atoms with Crippen LogP contribution in [0.5, 0.6) is 0 Å². The average Bonchev–Trinajstić information content (AvgIpc) is 3.32. The lowest BCUT2D eigenvalue weighted by atomic mass is 10.0. The number of carbonyl (C=O) groups excluding carboxylic acids is 2. The topological polar surface area (TPSA) is 95.9 Å². The molecule has 0 aliphatic rings. The van der Waals surface area contributed by atoms with Gasteiger partial charge in [0.15, 0.2) is 0 Å². The molecule has 388 valence electrons. The first-order valence-electron chi connectivity index (χ1n) is 29.2. The maximum Gasteiger partial charge on any atom is 0.305 e. The Kier molecular flexibility index (Phi) is 54.1. The highest BCUT2D eigenvalue weighted by Gasteiger charge is 2.20. The van der Waals surface area contributed by atoms with Gasteiger partial charge in [-0.25, -0.2) is 0 Å². The van der Waals surface area contributed by atoms with Crippen LogP contribution in [-0.2, 0) is 14.3 Å². The summed E-state index contributed by atoms with van der Waals surface area (Å²) in [5, 5.41) is 23.2. The zero-order valence-electron chi connectivity index (χ0n) is 44.2. The molecule has 0 aromatic carbocycles. The van der Waals surface area contributed by atoms with Crippen LogP contribution in [-0.4, -0.2) is 47.4 Å². The first-order chi connectivity index (χ1) is 32.5. The number of amides is 1. The molecule has 6 nitrogen and oxygen atoms in total. The van der Waals surface area contributed by atoms with Crippen LogP contribution in [0.3, 0.4) is 0 Å². The molecular weight excluding hydrogens is 815 g/mol. The van der Waals surface area contributed by atoms with Gasteiger partial charge in [-0.1, -0.05) is 249 Å². The molecule has 6 heteroatoms. The van der Waals surface area contributed by atoms with Crippen molar-refractivity contribution in [1.29, 1.82) is 0 Å². The standard InChI is InChI=1S/C60H113NO5/c1-3-5-7-9-11-13-15-17-26-30-34-38-42-46-50-54-60(65)66-55-51-47-43-39-35-31-28-25-23-21-19-18-20-22-24-27-29-33-37-41-45-49-53-59(64)61-57(56-62)58(63)52-48-44-40-36-32-16-14-12-10-8-6-4-2/h11,13,17,20,22,26,57-58,62-63H,3-10,12,14-16,18-19,21,23-25,27-56H2,1-2H3,(H,61,64)/b13-11-,22-20-,26-17-. The van der Waals surface area contributed by atoms with Crippen LogP contribution in [0.25, 0.3) is 0 Å². The molecule has 0 saturated heterocycles. The summed E-state index contributed by atoms with van der Waals surface area (Å²) in [6.45, 7) is 4.91. The number of aliphatic hydroxyl groups excluding tert-OH is 2. The van der Waals surface area contributed by atoms with E-state index in [-0.39, 0.29) is 18.5 Å². The summed E-state index contributed by atoms with van der Waals surface area (Å²) in [7, 11) is 0. The number of nitrogens with one attached hydrogen (secondary N) is 1. The van der Waals surface area contributed by atoms with Gasteiger partial charge in [0.25, 0.3) is 0 Å². The second-order valence-electron chi connectivity index (χ2n) is 20.0. The van der Waals surface area contributed by atoms with Crippen molar-refractivity contribution < 1.29 is 24.5 Å². The molecule has 2 atom stereocenters.